The van der Waals surface area contributed by atoms with E-state index < -0.39 is 0 Å². The molecule has 2 heterocycles. The van der Waals surface area contributed by atoms with Gasteiger partial charge in [0, 0.05) is 31.2 Å². The number of rotatable bonds is 3. The zero-order valence-electron chi connectivity index (χ0n) is 11.0. The second kappa shape index (κ2) is 5.40. The Bertz CT molecular complexity index is 378. The highest BCUT2D eigenvalue weighted by atomic mass is 35.5. The van der Waals surface area contributed by atoms with Crippen molar-refractivity contribution < 1.29 is 0 Å². The monoisotopic (exact) mass is 255 g/mol. The summed E-state index contributed by atoms with van der Waals surface area (Å²) >= 11 is 6.03. The van der Waals surface area contributed by atoms with Gasteiger partial charge < -0.3 is 0 Å². The van der Waals surface area contributed by atoms with Gasteiger partial charge in [0.15, 0.2) is 0 Å². The summed E-state index contributed by atoms with van der Waals surface area (Å²) in [5.74, 6) is 0.637. The summed E-state index contributed by atoms with van der Waals surface area (Å²) in [6.07, 6.45) is 3.33. The van der Waals surface area contributed by atoms with Crippen LogP contribution < -0.4 is 0 Å². The molecule has 0 amide bonds. The van der Waals surface area contributed by atoms with Gasteiger partial charge in [-0.3, -0.25) is 4.68 Å². The molecule has 96 valence electrons. The molecule has 4 heteroatoms. The van der Waals surface area contributed by atoms with Crippen molar-refractivity contribution in [2.75, 3.05) is 13.1 Å². The van der Waals surface area contributed by atoms with E-state index in [1.54, 1.807) is 0 Å². The summed E-state index contributed by atoms with van der Waals surface area (Å²) in [7, 11) is 0. The maximum atomic E-state index is 6.03. The number of aromatic nitrogens is 2. The maximum Gasteiger partial charge on any atom is 0.0654 e. The van der Waals surface area contributed by atoms with E-state index in [-0.39, 0.29) is 0 Å². The van der Waals surface area contributed by atoms with Gasteiger partial charge in [0.1, 0.15) is 0 Å². The maximum absolute atomic E-state index is 6.03. The number of hydrogen-bond acceptors (Lipinski definition) is 2. The van der Waals surface area contributed by atoms with Gasteiger partial charge in [0.2, 0.25) is 0 Å². The fraction of sp³-hybridized carbons (Fsp3) is 0.769. The van der Waals surface area contributed by atoms with Crippen molar-refractivity contribution in [1.29, 1.82) is 0 Å². The summed E-state index contributed by atoms with van der Waals surface area (Å²) in [6.45, 7) is 9.52. The van der Waals surface area contributed by atoms with E-state index in [0.29, 0.717) is 5.92 Å². The first kappa shape index (κ1) is 12.9. The van der Waals surface area contributed by atoms with Crippen molar-refractivity contribution >= 4 is 11.8 Å². The molecule has 3 nitrogen and oxygen atoms in total. The minimum Gasteiger partial charge on any atom is -0.269 e. The summed E-state index contributed by atoms with van der Waals surface area (Å²) < 4.78 is 4.10. The van der Waals surface area contributed by atoms with Crippen LogP contribution in [0.5, 0.6) is 0 Å². The van der Waals surface area contributed by atoms with E-state index >= 15 is 0 Å². The summed E-state index contributed by atoms with van der Waals surface area (Å²) in [5.41, 5.74) is 4.12. The highest BCUT2D eigenvalue weighted by Gasteiger charge is 2.25. The Labute approximate surface area is 109 Å². The zero-order chi connectivity index (χ0) is 12.4. The van der Waals surface area contributed by atoms with Crippen molar-refractivity contribution in [3.63, 3.8) is 0 Å². The lowest BCUT2D eigenvalue weighted by molar-refractivity contribution is 0.325. The molecule has 1 fully saturated rings. The van der Waals surface area contributed by atoms with Crippen molar-refractivity contribution in [3.05, 3.63) is 17.0 Å². The number of piperidine rings is 1. The molecule has 2 rings (SSSR count). The van der Waals surface area contributed by atoms with Crippen molar-refractivity contribution in [2.45, 2.75) is 52.5 Å². The van der Waals surface area contributed by atoms with E-state index in [1.807, 2.05) is 4.42 Å². The fourth-order valence-corrected chi connectivity index (χ4v) is 3.03. The van der Waals surface area contributed by atoms with Crippen LogP contribution in [0.25, 0.3) is 0 Å². The van der Waals surface area contributed by atoms with Crippen molar-refractivity contribution in [1.82, 2.24) is 14.2 Å². The zero-order valence-corrected chi connectivity index (χ0v) is 11.8. The second-order valence-electron chi connectivity index (χ2n) is 4.81. The van der Waals surface area contributed by atoms with Crippen LogP contribution in [-0.2, 0) is 13.0 Å². The van der Waals surface area contributed by atoms with Gasteiger partial charge in [-0.25, -0.2) is 4.42 Å². The molecule has 1 aliphatic rings. The quantitative estimate of drug-likeness (QED) is 0.774. The Morgan fingerprint density at radius 3 is 2.47 bits per heavy atom. The number of halogens is 1. The fourth-order valence-electron chi connectivity index (χ4n) is 2.83. The standard InChI is InChI=1S/C13H22ClN3/c1-4-12-10(3)13(17(5-2)15-12)11-6-8-16(14)9-7-11/h11H,4-9H2,1-3H3. The molecule has 0 bridgehead atoms. The first-order valence-corrected chi connectivity index (χ1v) is 6.98. The van der Waals surface area contributed by atoms with E-state index in [0.717, 1.165) is 38.9 Å². The SMILES string of the molecule is CCc1nn(CC)c(C2CCN(Cl)CC2)c1C. The number of aryl methyl sites for hydroxylation is 2. The molecule has 1 saturated heterocycles. The van der Waals surface area contributed by atoms with Crippen molar-refractivity contribution in [3.8, 4) is 0 Å². The Morgan fingerprint density at radius 2 is 1.94 bits per heavy atom. The molecule has 0 N–H and O–H groups in total. The van der Waals surface area contributed by atoms with E-state index in [2.05, 4.69) is 25.5 Å². The lowest BCUT2D eigenvalue weighted by atomic mass is 9.91. The molecular weight excluding hydrogens is 234 g/mol. The first-order chi connectivity index (χ1) is 8.17. The average molecular weight is 256 g/mol. The number of hydrogen-bond donors (Lipinski definition) is 0. The molecule has 0 aromatic carbocycles. The molecule has 0 aliphatic carbocycles. The van der Waals surface area contributed by atoms with E-state index in [1.165, 1.54) is 17.0 Å². The first-order valence-electron chi connectivity index (χ1n) is 6.64. The number of nitrogens with zero attached hydrogens (tertiary/aromatic N) is 3. The van der Waals surface area contributed by atoms with Gasteiger partial charge >= 0.3 is 0 Å². The molecule has 1 aliphatic heterocycles. The third-order valence-electron chi connectivity index (χ3n) is 3.80. The second-order valence-corrected chi connectivity index (χ2v) is 5.29. The van der Waals surface area contributed by atoms with Crippen LogP contribution in [0.3, 0.4) is 0 Å². The Hall–Kier alpha value is -0.540. The Kier molecular flexibility index (Phi) is 4.10. The van der Waals surface area contributed by atoms with Crippen LogP contribution in [0.4, 0.5) is 0 Å². The lowest BCUT2D eigenvalue weighted by Gasteiger charge is -2.28. The largest absolute Gasteiger partial charge is 0.269 e. The summed E-state index contributed by atoms with van der Waals surface area (Å²) in [5, 5.41) is 4.71. The minimum absolute atomic E-state index is 0.637. The lowest BCUT2D eigenvalue weighted by Crippen LogP contribution is -2.26. The molecule has 0 radical (unpaired) electrons. The summed E-state index contributed by atoms with van der Waals surface area (Å²) in [6, 6.07) is 0. The van der Waals surface area contributed by atoms with Gasteiger partial charge in [-0.2, -0.15) is 5.10 Å². The third kappa shape index (κ3) is 2.50. The topological polar surface area (TPSA) is 21.1 Å². The van der Waals surface area contributed by atoms with Gasteiger partial charge in [-0.15, -0.1) is 0 Å². The van der Waals surface area contributed by atoms with Gasteiger partial charge in [0.25, 0.3) is 0 Å². The summed E-state index contributed by atoms with van der Waals surface area (Å²) in [4.78, 5) is 0. The Morgan fingerprint density at radius 1 is 1.29 bits per heavy atom. The molecule has 0 atom stereocenters. The van der Waals surface area contributed by atoms with Crippen LogP contribution in [0.1, 0.15) is 49.6 Å². The van der Waals surface area contributed by atoms with Gasteiger partial charge in [0.05, 0.1) is 5.69 Å². The van der Waals surface area contributed by atoms with Crippen LogP contribution in [0, 0.1) is 6.92 Å². The molecule has 1 aromatic rings. The smallest absolute Gasteiger partial charge is 0.0654 e. The highest BCUT2D eigenvalue weighted by Crippen LogP contribution is 2.32. The van der Waals surface area contributed by atoms with E-state index in [4.69, 9.17) is 16.9 Å². The predicted octanol–water partition coefficient (Wildman–Crippen LogP) is 3.11. The van der Waals surface area contributed by atoms with Crippen LogP contribution in [-0.4, -0.2) is 27.3 Å². The average Bonchev–Trinajstić information content (AvgIpc) is 2.67. The van der Waals surface area contributed by atoms with Crippen LogP contribution in [0.15, 0.2) is 0 Å². The third-order valence-corrected chi connectivity index (χ3v) is 4.14. The molecule has 0 unspecified atom stereocenters. The Balaban J connectivity index is 2.27. The predicted molar refractivity (Wildman–Crippen MR) is 71.4 cm³/mol. The normalized spacial score (nSPS) is 18.8. The van der Waals surface area contributed by atoms with E-state index in [9.17, 15) is 0 Å². The molecular formula is C13H22ClN3. The van der Waals surface area contributed by atoms with Gasteiger partial charge in [-0.05, 0) is 50.5 Å². The van der Waals surface area contributed by atoms with Gasteiger partial charge in [-0.1, -0.05) is 6.92 Å². The molecule has 17 heavy (non-hydrogen) atoms. The minimum atomic E-state index is 0.637. The highest BCUT2D eigenvalue weighted by molar-refractivity contribution is 6.13. The van der Waals surface area contributed by atoms with Crippen molar-refractivity contribution in [2.24, 2.45) is 0 Å². The molecule has 0 saturated carbocycles. The van der Waals surface area contributed by atoms with Crippen LogP contribution in [0.2, 0.25) is 0 Å². The molecule has 1 aromatic heterocycles. The van der Waals surface area contributed by atoms with Crippen LogP contribution >= 0.6 is 11.8 Å². The molecule has 0 spiro atoms.